The van der Waals surface area contributed by atoms with Crippen LogP contribution in [0, 0.1) is 5.41 Å². The summed E-state index contributed by atoms with van der Waals surface area (Å²) in [5, 5.41) is -0.968. The van der Waals surface area contributed by atoms with Crippen molar-refractivity contribution in [2.45, 2.75) is 82.9 Å². The summed E-state index contributed by atoms with van der Waals surface area (Å²) in [6, 6.07) is 17.6. The van der Waals surface area contributed by atoms with Crippen molar-refractivity contribution in [3.63, 3.8) is 0 Å². The van der Waals surface area contributed by atoms with Crippen molar-refractivity contribution in [3.8, 4) is 11.1 Å². The fraction of sp³-hybridized carbons (Fsp3) is 0.333. The van der Waals surface area contributed by atoms with Gasteiger partial charge in [-0.25, -0.2) is 9.98 Å². The molecule has 0 atom stereocenters. The highest BCUT2D eigenvalue weighted by atomic mass is 19.4. The van der Waals surface area contributed by atoms with Crippen LogP contribution in [0.2, 0.25) is 0 Å². The summed E-state index contributed by atoms with van der Waals surface area (Å²) < 4.78 is 188. The molecule has 0 bridgehead atoms. The van der Waals surface area contributed by atoms with Crippen molar-refractivity contribution in [2.24, 2.45) is 15.4 Å². The van der Waals surface area contributed by atoms with Crippen LogP contribution in [0.25, 0.3) is 32.7 Å². The molecular formula is C42H32F12N2O2. The van der Waals surface area contributed by atoms with Crippen molar-refractivity contribution in [1.82, 2.24) is 0 Å². The van der Waals surface area contributed by atoms with Crippen LogP contribution in [0.1, 0.15) is 63.8 Å². The maximum Gasteiger partial charge on any atom is 0.442 e. The minimum atomic E-state index is -6.11. The van der Waals surface area contributed by atoms with Crippen LogP contribution in [-0.4, -0.2) is 36.5 Å². The highest BCUT2D eigenvalue weighted by Gasteiger charge is 2.78. The molecular weight excluding hydrogens is 792 g/mol. The molecule has 0 saturated heterocycles. The smallest absolute Gasteiger partial charge is 0.442 e. The molecule has 0 radical (unpaired) electrons. The van der Waals surface area contributed by atoms with Gasteiger partial charge < -0.3 is 9.47 Å². The summed E-state index contributed by atoms with van der Waals surface area (Å²) in [5.74, 6) is -1.95. The average molecular weight is 825 g/mol. The van der Waals surface area contributed by atoms with Gasteiger partial charge in [-0.3, -0.25) is 0 Å². The molecule has 2 aliphatic rings. The second-order valence-electron chi connectivity index (χ2n) is 16.3. The molecule has 5 aromatic carbocycles. The third-order valence-corrected chi connectivity index (χ3v) is 10.2. The molecule has 58 heavy (non-hydrogen) atoms. The Morgan fingerprint density at radius 1 is 0.431 bits per heavy atom. The van der Waals surface area contributed by atoms with E-state index in [0.717, 1.165) is 29.8 Å². The molecule has 0 unspecified atom stereocenters. The SMILES string of the molecule is CC(C)(C)C1=Nc2c(ccc3cc4c5c(ccc4cc23)C(C(F)(F)F)(C(F)(F)F)OC(c2ccc(-c3ccc(C(C)(C)C)cc3)cc2)=N5)C(C(F)(F)F)(C(F)(F)F)O1. The van der Waals surface area contributed by atoms with Gasteiger partial charge in [0.2, 0.25) is 5.90 Å². The summed E-state index contributed by atoms with van der Waals surface area (Å²) in [6.45, 7) is 9.91. The van der Waals surface area contributed by atoms with Crippen LogP contribution >= 0.6 is 0 Å². The lowest BCUT2D eigenvalue weighted by atomic mass is 9.83. The summed E-state index contributed by atoms with van der Waals surface area (Å²) in [5.41, 5.74) is -13.8. The predicted octanol–water partition coefficient (Wildman–Crippen LogP) is 13.8. The number of hydrogen-bond acceptors (Lipinski definition) is 4. The van der Waals surface area contributed by atoms with E-state index in [1.54, 1.807) is 0 Å². The maximum absolute atomic E-state index is 15.0. The highest BCUT2D eigenvalue weighted by molar-refractivity contribution is 6.11. The molecule has 16 heteroatoms. The van der Waals surface area contributed by atoms with Crippen LogP contribution in [0.15, 0.2) is 94.9 Å². The molecule has 0 fully saturated rings. The number of ether oxygens (including phenoxy) is 2. The van der Waals surface area contributed by atoms with Crippen molar-refractivity contribution < 1.29 is 62.2 Å². The number of hydrogen-bond donors (Lipinski definition) is 0. The molecule has 2 aliphatic heterocycles. The molecule has 2 heterocycles. The zero-order valence-corrected chi connectivity index (χ0v) is 31.3. The molecule has 0 saturated carbocycles. The van der Waals surface area contributed by atoms with Gasteiger partial charge in [0.15, 0.2) is 5.90 Å². The Morgan fingerprint density at radius 2 is 0.810 bits per heavy atom. The fourth-order valence-electron chi connectivity index (χ4n) is 7.15. The van der Waals surface area contributed by atoms with Crippen molar-refractivity contribution in [2.75, 3.05) is 0 Å². The molecule has 7 rings (SSSR count). The number of fused-ring (bicyclic) bond motifs is 6. The molecule has 0 aromatic heterocycles. The molecule has 0 amide bonds. The van der Waals surface area contributed by atoms with Crippen molar-refractivity contribution >= 4 is 44.7 Å². The van der Waals surface area contributed by atoms with Crippen LogP contribution in [0.3, 0.4) is 0 Å². The van der Waals surface area contributed by atoms with Crippen molar-refractivity contribution in [1.29, 1.82) is 0 Å². The maximum atomic E-state index is 15.0. The van der Waals surface area contributed by atoms with E-state index in [4.69, 9.17) is 9.47 Å². The second kappa shape index (κ2) is 12.6. The van der Waals surface area contributed by atoms with E-state index in [0.29, 0.717) is 23.3 Å². The zero-order chi connectivity index (χ0) is 42.8. The fourth-order valence-corrected chi connectivity index (χ4v) is 7.15. The van der Waals surface area contributed by atoms with Crippen LogP contribution in [0.4, 0.5) is 64.1 Å². The van der Waals surface area contributed by atoms with Gasteiger partial charge in [0.25, 0.3) is 0 Å². The van der Waals surface area contributed by atoms with E-state index < -0.39 is 75.6 Å². The van der Waals surface area contributed by atoms with Gasteiger partial charge in [-0.1, -0.05) is 102 Å². The summed E-state index contributed by atoms with van der Waals surface area (Å²) >= 11 is 0. The first-order valence-electron chi connectivity index (χ1n) is 17.6. The van der Waals surface area contributed by atoms with E-state index in [2.05, 4.69) is 9.98 Å². The molecule has 0 spiro atoms. The van der Waals surface area contributed by atoms with Gasteiger partial charge in [-0.15, -0.1) is 0 Å². The topological polar surface area (TPSA) is 43.2 Å². The van der Waals surface area contributed by atoms with Gasteiger partial charge in [0.05, 0.1) is 11.4 Å². The minimum absolute atomic E-state index is 0.153. The second-order valence-corrected chi connectivity index (χ2v) is 16.3. The molecule has 0 aliphatic carbocycles. The van der Waals surface area contributed by atoms with Gasteiger partial charge in [-0.2, -0.15) is 52.7 Å². The summed E-state index contributed by atoms with van der Waals surface area (Å²) in [4.78, 5) is 8.28. The number of aliphatic imine (C=N–C) groups is 2. The van der Waals surface area contributed by atoms with Crippen LogP contribution in [0.5, 0.6) is 0 Å². The third kappa shape index (κ3) is 6.16. The van der Waals surface area contributed by atoms with Crippen LogP contribution in [-0.2, 0) is 26.1 Å². The zero-order valence-electron chi connectivity index (χ0n) is 31.3. The van der Waals surface area contributed by atoms with E-state index >= 15 is 0 Å². The molecule has 0 N–H and O–H groups in total. The van der Waals surface area contributed by atoms with Gasteiger partial charge in [-0.05, 0) is 57.1 Å². The summed E-state index contributed by atoms with van der Waals surface area (Å²) in [7, 11) is 0. The molecule has 4 nitrogen and oxygen atoms in total. The third-order valence-electron chi connectivity index (χ3n) is 10.2. The largest absolute Gasteiger partial charge is 0.450 e. The Morgan fingerprint density at radius 3 is 1.21 bits per heavy atom. The number of benzene rings is 5. The van der Waals surface area contributed by atoms with Crippen LogP contribution < -0.4 is 0 Å². The van der Waals surface area contributed by atoms with Gasteiger partial charge >= 0.3 is 35.9 Å². The molecule has 306 valence electrons. The lowest BCUT2D eigenvalue weighted by Crippen LogP contribution is -2.58. The van der Waals surface area contributed by atoms with Gasteiger partial charge in [0, 0.05) is 32.9 Å². The summed E-state index contributed by atoms with van der Waals surface area (Å²) in [6.07, 6.45) is -24.4. The average Bonchev–Trinajstić information content (AvgIpc) is 3.10. The number of rotatable bonds is 2. The Kier molecular flexibility index (Phi) is 8.89. The first kappa shape index (κ1) is 40.9. The number of alkyl halides is 12. The van der Waals surface area contributed by atoms with E-state index in [-0.39, 0.29) is 32.5 Å². The lowest BCUT2D eigenvalue weighted by Gasteiger charge is -2.43. The Balaban J connectivity index is 1.47. The standard InChI is InChI=1S/C42H32F12N2O2/c1-35(2,3)26-15-11-22(12-16-26)21-7-9-23(10-8-21)33-55-31-27-19-25-14-18-30-32(56-34(36(4,5)6)58-38(30,41(49,50)51)42(52,53)54)28(25)20-24(27)13-17-29(31)37(57-33,39(43,44)45)40(46,47)48/h7-20H,1-6H3. The van der Waals surface area contributed by atoms with Crippen molar-refractivity contribution in [3.05, 3.63) is 107 Å². The monoisotopic (exact) mass is 824 g/mol. The Labute approximate surface area is 323 Å². The highest BCUT2D eigenvalue weighted by Crippen LogP contribution is 2.61. The van der Waals surface area contributed by atoms with E-state index in [9.17, 15) is 52.7 Å². The Hall–Kier alpha value is -5.28. The first-order chi connectivity index (χ1) is 26.5. The van der Waals surface area contributed by atoms with E-state index in [1.165, 1.54) is 45.0 Å². The quantitative estimate of drug-likeness (QED) is 0.131. The lowest BCUT2D eigenvalue weighted by molar-refractivity contribution is -0.371. The van der Waals surface area contributed by atoms with E-state index in [1.807, 2.05) is 45.0 Å². The number of halogens is 12. The molecule has 5 aromatic rings. The normalized spacial score (nSPS) is 17.2. The van der Waals surface area contributed by atoms with Gasteiger partial charge in [0.1, 0.15) is 0 Å². The Bertz CT molecular complexity index is 2490. The minimum Gasteiger partial charge on any atom is -0.450 e. The first-order valence-corrected chi connectivity index (χ1v) is 17.6. The predicted molar refractivity (Wildman–Crippen MR) is 195 cm³/mol. The number of nitrogens with zero attached hydrogens (tertiary/aromatic N) is 2.